The lowest BCUT2D eigenvalue weighted by Crippen LogP contribution is -2.41. The zero-order chi connectivity index (χ0) is 16.6. The van der Waals surface area contributed by atoms with E-state index in [1.807, 2.05) is 18.2 Å². The number of aromatic nitrogens is 2. The molecule has 1 fully saturated rings. The number of carbonyl (C=O) groups excluding carboxylic acids is 1. The van der Waals surface area contributed by atoms with Gasteiger partial charge in [-0.25, -0.2) is 9.97 Å². The molecule has 1 unspecified atom stereocenters. The quantitative estimate of drug-likeness (QED) is 0.881. The van der Waals surface area contributed by atoms with Crippen LogP contribution in [0.1, 0.15) is 29.0 Å². The minimum absolute atomic E-state index is 0.106. The summed E-state index contributed by atoms with van der Waals surface area (Å²) in [7, 11) is 0. The van der Waals surface area contributed by atoms with Gasteiger partial charge in [0.2, 0.25) is 0 Å². The molecular formula is C18H22N4O2. The predicted molar refractivity (Wildman–Crippen MR) is 91.3 cm³/mol. The van der Waals surface area contributed by atoms with E-state index in [1.54, 1.807) is 6.26 Å². The molecule has 1 amide bonds. The van der Waals surface area contributed by atoms with E-state index in [0.29, 0.717) is 18.0 Å². The van der Waals surface area contributed by atoms with Gasteiger partial charge in [-0.15, -0.1) is 0 Å². The van der Waals surface area contributed by atoms with Crippen molar-refractivity contribution < 1.29 is 9.21 Å². The van der Waals surface area contributed by atoms with Gasteiger partial charge in [-0.05, 0) is 43.5 Å². The summed E-state index contributed by atoms with van der Waals surface area (Å²) in [6, 6.07) is 3.83. The summed E-state index contributed by atoms with van der Waals surface area (Å²) in [4.78, 5) is 22.2. The van der Waals surface area contributed by atoms with Crippen molar-refractivity contribution in [2.24, 2.45) is 5.92 Å². The van der Waals surface area contributed by atoms with Crippen LogP contribution in [0.3, 0.4) is 0 Å². The Hall–Kier alpha value is -2.47. The average Bonchev–Trinajstić information content (AvgIpc) is 3.14. The Kier molecular flexibility index (Phi) is 5.74. The minimum Gasteiger partial charge on any atom is -0.465 e. The standard InChI is InChI=1S/C18H22N4O2/c23-18(16-11-19-14-20-12-16)21-10-15-4-1-7-22(13-15)8-2-5-17-6-3-9-24-17/h2-3,5-6,9,11-12,14-15H,1,4,7-8,10,13H2,(H,21,23)/b5-2+. The van der Waals surface area contributed by atoms with Crippen LogP contribution in [0, 0.1) is 5.92 Å². The van der Waals surface area contributed by atoms with Crippen LogP contribution in [0.5, 0.6) is 0 Å². The van der Waals surface area contributed by atoms with Gasteiger partial charge in [-0.1, -0.05) is 6.08 Å². The van der Waals surface area contributed by atoms with Gasteiger partial charge in [0.05, 0.1) is 11.8 Å². The van der Waals surface area contributed by atoms with Crippen LogP contribution in [0.25, 0.3) is 6.08 Å². The van der Waals surface area contributed by atoms with Crippen LogP contribution in [0.15, 0.2) is 47.6 Å². The summed E-state index contributed by atoms with van der Waals surface area (Å²) in [6.45, 7) is 3.68. The molecular weight excluding hydrogens is 304 g/mol. The maximum absolute atomic E-state index is 12.0. The van der Waals surface area contributed by atoms with Gasteiger partial charge < -0.3 is 9.73 Å². The Labute approximate surface area is 141 Å². The van der Waals surface area contributed by atoms with Gasteiger partial charge in [0.15, 0.2) is 0 Å². The van der Waals surface area contributed by atoms with Crippen molar-refractivity contribution in [2.75, 3.05) is 26.2 Å². The van der Waals surface area contributed by atoms with E-state index in [1.165, 1.54) is 18.7 Å². The number of nitrogens with one attached hydrogen (secondary N) is 1. The van der Waals surface area contributed by atoms with Crippen molar-refractivity contribution in [2.45, 2.75) is 12.8 Å². The molecule has 6 heteroatoms. The molecule has 0 radical (unpaired) electrons. The summed E-state index contributed by atoms with van der Waals surface area (Å²) in [5, 5.41) is 2.99. The number of amides is 1. The first kappa shape index (κ1) is 16.4. The van der Waals surface area contributed by atoms with Crippen LogP contribution in [-0.2, 0) is 0 Å². The van der Waals surface area contributed by atoms with Gasteiger partial charge in [-0.3, -0.25) is 9.69 Å². The van der Waals surface area contributed by atoms with E-state index in [9.17, 15) is 4.79 Å². The van der Waals surface area contributed by atoms with Crippen molar-refractivity contribution >= 4 is 12.0 Å². The van der Waals surface area contributed by atoms with Crippen molar-refractivity contribution in [3.05, 3.63) is 54.5 Å². The molecule has 0 spiro atoms. The van der Waals surface area contributed by atoms with E-state index in [0.717, 1.165) is 38.2 Å². The normalized spacial score (nSPS) is 18.8. The summed E-state index contributed by atoms with van der Waals surface area (Å²) in [6.07, 6.45) is 12.6. The summed E-state index contributed by atoms with van der Waals surface area (Å²) in [5.74, 6) is 1.25. The van der Waals surface area contributed by atoms with Crippen LogP contribution < -0.4 is 5.32 Å². The highest BCUT2D eigenvalue weighted by Gasteiger charge is 2.19. The Bertz CT molecular complexity index is 655. The maximum Gasteiger partial charge on any atom is 0.254 e. The zero-order valence-corrected chi connectivity index (χ0v) is 13.6. The Morgan fingerprint density at radius 2 is 2.29 bits per heavy atom. The first-order valence-electron chi connectivity index (χ1n) is 8.27. The first-order chi connectivity index (χ1) is 11.8. The average molecular weight is 326 g/mol. The SMILES string of the molecule is O=C(NCC1CCCN(C/C=C/c2ccco2)C1)c1cncnc1. The molecule has 1 aliphatic rings. The smallest absolute Gasteiger partial charge is 0.254 e. The zero-order valence-electron chi connectivity index (χ0n) is 13.6. The third-order valence-electron chi connectivity index (χ3n) is 4.17. The van der Waals surface area contributed by atoms with E-state index < -0.39 is 0 Å². The molecule has 1 saturated heterocycles. The van der Waals surface area contributed by atoms with E-state index >= 15 is 0 Å². The third kappa shape index (κ3) is 4.76. The molecule has 0 bridgehead atoms. The van der Waals surface area contributed by atoms with Crippen LogP contribution in [-0.4, -0.2) is 47.0 Å². The summed E-state index contributed by atoms with van der Waals surface area (Å²) < 4.78 is 5.29. The Morgan fingerprint density at radius 3 is 3.08 bits per heavy atom. The predicted octanol–water partition coefficient (Wildman–Crippen LogP) is 2.22. The number of furan rings is 1. The fourth-order valence-corrected chi connectivity index (χ4v) is 2.94. The molecule has 3 heterocycles. The molecule has 0 aliphatic carbocycles. The molecule has 1 aliphatic heterocycles. The van der Waals surface area contributed by atoms with Gasteiger partial charge in [0, 0.05) is 32.0 Å². The molecule has 6 nitrogen and oxygen atoms in total. The molecule has 2 aromatic rings. The fourth-order valence-electron chi connectivity index (χ4n) is 2.94. The third-order valence-corrected chi connectivity index (χ3v) is 4.17. The number of hydrogen-bond acceptors (Lipinski definition) is 5. The van der Waals surface area contributed by atoms with Crippen LogP contribution >= 0.6 is 0 Å². The Morgan fingerprint density at radius 1 is 1.42 bits per heavy atom. The highest BCUT2D eigenvalue weighted by Crippen LogP contribution is 2.16. The topological polar surface area (TPSA) is 71.3 Å². The highest BCUT2D eigenvalue weighted by atomic mass is 16.3. The molecule has 0 aromatic carbocycles. The van der Waals surface area contributed by atoms with Crippen molar-refractivity contribution in [3.63, 3.8) is 0 Å². The molecule has 126 valence electrons. The number of piperidine rings is 1. The van der Waals surface area contributed by atoms with E-state index in [4.69, 9.17) is 4.42 Å². The largest absolute Gasteiger partial charge is 0.465 e. The molecule has 3 rings (SSSR count). The molecule has 24 heavy (non-hydrogen) atoms. The second kappa shape index (κ2) is 8.40. The van der Waals surface area contributed by atoms with Gasteiger partial charge in [-0.2, -0.15) is 0 Å². The van der Waals surface area contributed by atoms with Crippen molar-refractivity contribution in [1.29, 1.82) is 0 Å². The fraction of sp³-hybridized carbons (Fsp3) is 0.389. The van der Waals surface area contributed by atoms with Crippen LogP contribution in [0.2, 0.25) is 0 Å². The monoisotopic (exact) mass is 326 g/mol. The molecule has 0 saturated carbocycles. The van der Waals surface area contributed by atoms with Crippen molar-refractivity contribution in [3.8, 4) is 0 Å². The Balaban J connectivity index is 1.43. The van der Waals surface area contributed by atoms with E-state index in [-0.39, 0.29) is 5.91 Å². The molecule has 2 aromatic heterocycles. The molecule has 1 N–H and O–H groups in total. The summed E-state index contributed by atoms with van der Waals surface area (Å²) in [5.41, 5.74) is 0.506. The van der Waals surface area contributed by atoms with Gasteiger partial charge in [0.25, 0.3) is 5.91 Å². The van der Waals surface area contributed by atoms with Gasteiger partial charge >= 0.3 is 0 Å². The summed E-state index contributed by atoms with van der Waals surface area (Å²) >= 11 is 0. The number of hydrogen-bond donors (Lipinski definition) is 1. The van der Waals surface area contributed by atoms with Crippen molar-refractivity contribution in [1.82, 2.24) is 20.2 Å². The second-order valence-corrected chi connectivity index (χ2v) is 6.02. The van der Waals surface area contributed by atoms with E-state index in [2.05, 4.69) is 26.3 Å². The minimum atomic E-state index is -0.106. The highest BCUT2D eigenvalue weighted by molar-refractivity contribution is 5.93. The lowest BCUT2D eigenvalue weighted by molar-refractivity contribution is 0.0934. The molecule has 1 atom stereocenters. The first-order valence-corrected chi connectivity index (χ1v) is 8.27. The van der Waals surface area contributed by atoms with Crippen LogP contribution in [0.4, 0.5) is 0 Å². The lowest BCUT2D eigenvalue weighted by Gasteiger charge is -2.32. The lowest BCUT2D eigenvalue weighted by atomic mass is 9.98. The second-order valence-electron chi connectivity index (χ2n) is 6.02. The number of nitrogens with zero attached hydrogens (tertiary/aromatic N) is 3. The maximum atomic E-state index is 12.0. The number of rotatable bonds is 6. The number of carbonyl (C=O) groups is 1. The van der Waals surface area contributed by atoms with Gasteiger partial charge in [0.1, 0.15) is 12.1 Å². The number of likely N-dealkylation sites (tertiary alicyclic amines) is 1.